The summed E-state index contributed by atoms with van der Waals surface area (Å²) in [6.07, 6.45) is 1.50. The van der Waals surface area contributed by atoms with Gasteiger partial charge in [-0.15, -0.1) is 0 Å². The molecule has 3 aromatic rings. The molecule has 0 saturated heterocycles. The van der Waals surface area contributed by atoms with E-state index in [0.29, 0.717) is 17.2 Å². The Hall–Kier alpha value is -4.33. The quantitative estimate of drug-likeness (QED) is 0.337. The van der Waals surface area contributed by atoms with Crippen LogP contribution in [0.1, 0.15) is 24.1 Å². The fourth-order valence-corrected chi connectivity index (χ4v) is 3.00. The van der Waals surface area contributed by atoms with Crippen molar-refractivity contribution in [1.29, 1.82) is 0 Å². The maximum atomic E-state index is 12.1. The predicted octanol–water partition coefficient (Wildman–Crippen LogP) is 3.48. The molecule has 34 heavy (non-hydrogen) atoms. The molecule has 0 saturated carbocycles. The lowest BCUT2D eigenvalue weighted by molar-refractivity contribution is -0.124. The zero-order chi connectivity index (χ0) is 24.2. The first-order valence-corrected chi connectivity index (χ1v) is 10.7. The van der Waals surface area contributed by atoms with Crippen LogP contribution < -0.4 is 25.0 Å². The van der Waals surface area contributed by atoms with Crippen LogP contribution in [0.5, 0.6) is 17.2 Å². The molecule has 0 bridgehead atoms. The number of benzene rings is 3. The lowest BCUT2D eigenvalue weighted by Gasteiger charge is -2.14. The van der Waals surface area contributed by atoms with Gasteiger partial charge in [0.2, 0.25) is 0 Å². The van der Waals surface area contributed by atoms with Gasteiger partial charge in [-0.3, -0.25) is 9.59 Å². The van der Waals surface area contributed by atoms with Crippen LogP contribution in [-0.4, -0.2) is 38.4 Å². The molecule has 176 valence electrons. The second-order valence-corrected chi connectivity index (χ2v) is 7.29. The maximum absolute atomic E-state index is 12.1. The van der Waals surface area contributed by atoms with Crippen molar-refractivity contribution in [2.75, 3.05) is 20.3 Å². The van der Waals surface area contributed by atoms with Crippen molar-refractivity contribution in [2.45, 2.75) is 13.0 Å². The molecule has 0 heterocycles. The summed E-state index contributed by atoms with van der Waals surface area (Å²) in [5.74, 6) is 0.957. The third kappa shape index (κ3) is 7.67. The normalized spacial score (nSPS) is 11.5. The van der Waals surface area contributed by atoms with Crippen molar-refractivity contribution >= 4 is 18.0 Å². The third-order valence-electron chi connectivity index (χ3n) is 4.76. The Morgan fingerprint density at radius 1 is 0.853 bits per heavy atom. The van der Waals surface area contributed by atoms with Crippen LogP contribution in [0.2, 0.25) is 0 Å². The molecule has 1 atom stereocenters. The number of hydrogen-bond donors (Lipinski definition) is 2. The number of ether oxygens (including phenoxy) is 3. The second-order valence-electron chi connectivity index (χ2n) is 7.29. The fraction of sp³-hybridized carbons (Fsp3) is 0.192. The smallest absolute Gasteiger partial charge is 0.277 e. The van der Waals surface area contributed by atoms with Crippen molar-refractivity contribution in [1.82, 2.24) is 10.7 Å². The van der Waals surface area contributed by atoms with Crippen LogP contribution in [0.25, 0.3) is 0 Å². The summed E-state index contributed by atoms with van der Waals surface area (Å²) in [6, 6.07) is 23.7. The first kappa shape index (κ1) is 24.3. The van der Waals surface area contributed by atoms with Gasteiger partial charge in [0.1, 0.15) is 5.75 Å². The molecular weight excluding hydrogens is 434 g/mol. The van der Waals surface area contributed by atoms with Crippen LogP contribution in [-0.2, 0) is 9.59 Å². The summed E-state index contributed by atoms with van der Waals surface area (Å²) in [6.45, 7) is 1.63. The van der Waals surface area contributed by atoms with E-state index < -0.39 is 5.91 Å². The van der Waals surface area contributed by atoms with Gasteiger partial charge in [0.05, 0.1) is 19.4 Å². The van der Waals surface area contributed by atoms with Crippen LogP contribution in [0.4, 0.5) is 0 Å². The predicted molar refractivity (Wildman–Crippen MR) is 129 cm³/mol. The number of methoxy groups -OCH3 is 1. The van der Waals surface area contributed by atoms with E-state index in [4.69, 9.17) is 14.2 Å². The molecule has 0 aliphatic rings. The van der Waals surface area contributed by atoms with Crippen molar-refractivity contribution in [3.05, 3.63) is 90.0 Å². The van der Waals surface area contributed by atoms with E-state index in [1.54, 1.807) is 42.5 Å². The first-order chi connectivity index (χ1) is 16.5. The highest BCUT2D eigenvalue weighted by Crippen LogP contribution is 2.25. The molecule has 3 aromatic carbocycles. The highest BCUT2D eigenvalue weighted by atomic mass is 16.5. The number of rotatable bonds is 11. The van der Waals surface area contributed by atoms with E-state index in [2.05, 4.69) is 15.8 Å². The average Bonchev–Trinajstić information content (AvgIpc) is 2.87. The zero-order valence-corrected chi connectivity index (χ0v) is 19.1. The van der Waals surface area contributed by atoms with Gasteiger partial charge in [-0.2, -0.15) is 5.10 Å². The monoisotopic (exact) mass is 461 g/mol. The molecule has 0 aliphatic heterocycles. The summed E-state index contributed by atoms with van der Waals surface area (Å²) in [7, 11) is 1.53. The number of hydrogen-bond acceptors (Lipinski definition) is 6. The van der Waals surface area contributed by atoms with E-state index in [1.807, 2.05) is 43.3 Å². The van der Waals surface area contributed by atoms with E-state index in [0.717, 1.165) is 11.1 Å². The van der Waals surface area contributed by atoms with Crippen LogP contribution in [0.3, 0.4) is 0 Å². The van der Waals surface area contributed by atoms with Crippen LogP contribution in [0, 0.1) is 0 Å². The van der Waals surface area contributed by atoms with Gasteiger partial charge in [0.15, 0.2) is 24.7 Å². The molecule has 0 aromatic heterocycles. The SMILES string of the molecule is COc1ccccc1OCC(=O)N/N=C\c1ccc(OCC(=O)N[C@H](C)c2ccccc2)cc1. The Labute approximate surface area is 198 Å². The Balaban J connectivity index is 1.39. The minimum atomic E-state index is -0.405. The number of amides is 2. The summed E-state index contributed by atoms with van der Waals surface area (Å²) >= 11 is 0. The molecule has 0 spiro atoms. The van der Waals surface area contributed by atoms with Gasteiger partial charge in [-0.05, 0) is 54.4 Å². The molecule has 3 rings (SSSR count). The van der Waals surface area contributed by atoms with E-state index in [-0.39, 0.29) is 25.2 Å². The lowest BCUT2D eigenvalue weighted by Crippen LogP contribution is -2.31. The molecule has 2 N–H and O–H groups in total. The largest absolute Gasteiger partial charge is 0.493 e. The van der Waals surface area contributed by atoms with Gasteiger partial charge in [0.25, 0.3) is 11.8 Å². The highest BCUT2D eigenvalue weighted by Gasteiger charge is 2.10. The van der Waals surface area contributed by atoms with Crippen molar-refractivity contribution in [3.63, 3.8) is 0 Å². The Bertz CT molecular complexity index is 1100. The number of carbonyl (C=O) groups is 2. The van der Waals surface area contributed by atoms with Gasteiger partial charge < -0.3 is 19.5 Å². The minimum absolute atomic E-state index is 0.0904. The van der Waals surface area contributed by atoms with Crippen molar-refractivity contribution in [2.24, 2.45) is 5.10 Å². The Morgan fingerprint density at radius 3 is 2.21 bits per heavy atom. The zero-order valence-electron chi connectivity index (χ0n) is 19.1. The van der Waals surface area contributed by atoms with Crippen molar-refractivity contribution in [3.8, 4) is 17.2 Å². The fourth-order valence-electron chi connectivity index (χ4n) is 3.00. The summed E-state index contributed by atoms with van der Waals surface area (Å²) in [5, 5.41) is 6.82. The topological polar surface area (TPSA) is 98.2 Å². The van der Waals surface area contributed by atoms with Gasteiger partial charge in [0, 0.05) is 0 Å². The Kier molecular flexibility index (Phi) is 9.04. The second kappa shape index (κ2) is 12.6. The van der Waals surface area contributed by atoms with E-state index in [9.17, 15) is 9.59 Å². The summed E-state index contributed by atoms with van der Waals surface area (Å²) in [4.78, 5) is 24.1. The molecule has 8 heteroatoms. The molecule has 8 nitrogen and oxygen atoms in total. The molecule has 0 aliphatic carbocycles. The number of para-hydroxylation sites is 2. The highest BCUT2D eigenvalue weighted by molar-refractivity contribution is 5.83. The number of nitrogens with zero attached hydrogens (tertiary/aromatic N) is 1. The summed E-state index contributed by atoms with van der Waals surface area (Å²) in [5.41, 5.74) is 4.18. The Morgan fingerprint density at radius 2 is 1.50 bits per heavy atom. The molecule has 2 amide bonds. The molecule has 0 radical (unpaired) electrons. The third-order valence-corrected chi connectivity index (χ3v) is 4.76. The van der Waals surface area contributed by atoms with Gasteiger partial charge in [-0.25, -0.2) is 5.43 Å². The molecule has 0 unspecified atom stereocenters. The number of nitrogens with one attached hydrogen (secondary N) is 2. The standard InChI is InChI=1S/C26H27N3O5/c1-19(21-8-4-3-5-9-21)28-25(30)17-33-22-14-12-20(13-15-22)16-27-29-26(31)18-34-24-11-7-6-10-23(24)32-2/h3-16,19H,17-18H2,1-2H3,(H,28,30)(H,29,31)/b27-16-/t19-/m1/s1. The number of carbonyl (C=O) groups excluding carboxylic acids is 2. The lowest BCUT2D eigenvalue weighted by atomic mass is 10.1. The van der Waals surface area contributed by atoms with Gasteiger partial charge >= 0.3 is 0 Å². The van der Waals surface area contributed by atoms with Crippen molar-refractivity contribution < 1.29 is 23.8 Å². The van der Waals surface area contributed by atoms with E-state index >= 15 is 0 Å². The van der Waals surface area contributed by atoms with Gasteiger partial charge in [-0.1, -0.05) is 42.5 Å². The van der Waals surface area contributed by atoms with E-state index in [1.165, 1.54) is 13.3 Å². The van der Waals surface area contributed by atoms with Crippen LogP contribution >= 0.6 is 0 Å². The first-order valence-electron chi connectivity index (χ1n) is 10.7. The maximum Gasteiger partial charge on any atom is 0.277 e. The minimum Gasteiger partial charge on any atom is -0.493 e. The molecular formula is C26H27N3O5. The number of hydrazone groups is 1. The molecule has 0 fully saturated rings. The average molecular weight is 462 g/mol. The van der Waals surface area contributed by atoms with Crippen LogP contribution in [0.15, 0.2) is 84.0 Å². The summed E-state index contributed by atoms with van der Waals surface area (Å²) < 4.78 is 16.2.